The molecule has 0 atom stereocenters. The number of rotatable bonds is 2. The molecule has 1 aromatic heterocycles. The summed E-state index contributed by atoms with van der Waals surface area (Å²) in [5, 5.41) is 18.1. The molecule has 2 aromatic rings. The first-order valence-electron chi connectivity index (χ1n) is 5.19. The molecule has 0 amide bonds. The number of aromatic nitrogens is 2. The Balaban J connectivity index is 1.93. The molecule has 0 unspecified atom stereocenters. The van der Waals surface area contributed by atoms with E-state index in [-0.39, 0.29) is 6.29 Å². The Labute approximate surface area is 101 Å². The smallest absolute Gasteiger partial charge is 0.132 e. The van der Waals surface area contributed by atoms with Crippen molar-refractivity contribution in [3.63, 3.8) is 0 Å². The summed E-state index contributed by atoms with van der Waals surface area (Å²) in [4.78, 5) is 0. The Kier molecular flexibility index (Phi) is 2.55. The van der Waals surface area contributed by atoms with Gasteiger partial charge in [0.1, 0.15) is 6.29 Å². The van der Waals surface area contributed by atoms with Crippen molar-refractivity contribution in [2.24, 2.45) is 0 Å². The maximum Gasteiger partial charge on any atom is 0.132 e. The van der Waals surface area contributed by atoms with Crippen molar-refractivity contribution in [2.75, 3.05) is 18.4 Å². The van der Waals surface area contributed by atoms with E-state index in [9.17, 15) is 0 Å². The molecule has 1 fully saturated rings. The summed E-state index contributed by atoms with van der Waals surface area (Å²) in [7, 11) is 0. The molecule has 16 heavy (non-hydrogen) atoms. The molecular formula is C10H12BrN5. The van der Waals surface area contributed by atoms with Crippen molar-refractivity contribution in [2.45, 2.75) is 6.29 Å². The van der Waals surface area contributed by atoms with Crippen LogP contribution in [-0.4, -0.2) is 29.6 Å². The normalized spacial score (nSPS) is 17.1. The van der Waals surface area contributed by atoms with Crippen molar-refractivity contribution in [1.29, 1.82) is 0 Å². The van der Waals surface area contributed by atoms with Gasteiger partial charge in [0.05, 0.1) is 21.9 Å². The topological polar surface area (TPSA) is 64.8 Å². The van der Waals surface area contributed by atoms with Crippen LogP contribution in [0.2, 0.25) is 0 Å². The zero-order valence-electron chi connectivity index (χ0n) is 8.55. The largest absolute Gasteiger partial charge is 0.357 e. The van der Waals surface area contributed by atoms with E-state index in [1.165, 1.54) is 0 Å². The second kappa shape index (κ2) is 4.04. The SMILES string of the molecule is Brc1c(NC2NCCN2)ccc2cn[nH]c12. The number of nitrogens with one attached hydrogen (secondary N) is 4. The highest BCUT2D eigenvalue weighted by Gasteiger charge is 2.14. The fraction of sp³-hybridized carbons (Fsp3) is 0.300. The highest BCUT2D eigenvalue weighted by Crippen LogP contribution is 2.29. The Morgan fingerprint density at radius 1 is 1.31 bits per heavy atom. The van der Waals surface area contributed by atoms with Crippen molar-refractivity contribution in [3.8, 4) is 0 Å². The Bertz CT molecular complexity index is 503. The minimum absolute atomic E-state index is 0.136. The summed E-state index contributed by atoms with van der Waals surface area (Å²) in [6.45, 7) is 1.98. The number of benzene rings is 1. The number of hydrogen-bond acceptors (Lipinski definition) is 4. The van der Waals surface area contributed by atoms with Crippen LogP contribution in [0.1, 0.15) is 0 Å². The van der Waals surface area contributed by atoms with Crippen LogP contribution in [0.15, 0.2) is 22.8 Å². The number of hydrogen-bond donors (Lipinski definition) is 4. The van der Waals surface area contributed by atoms with Crippen LogP contribution < -0.4 is 16.0 Å². The van der Waals surface area contributed by atoms with Gasteiger partial charge in [-0.25, -0.2) is 0 Å². The van der Waals surface area contributed by atoms with Crippen molar-refractivity contribution in [3.05, 3.63) is 22.8 Å². The number of halogens is 1. The van der Waals surface area contributed by atoms with Crippen molar-refractivity contribution < 1.29 is 0 Å². The highest BCUT2D eigenvalue weighted by atomic mass is 79.9. The summed E-state index contributed by atoms with van der Waals surface area (Å²) >= 11 is 3.58. The monoisotopic (exact) mass is 281 g/mol. The molecule has 5 nitrogen and oxygen atoms in total. The third kappa shape index (κ3) is 1.68. The third-order valence-electron chi connectivity index (χ3n) is 2.68. The first-order valence-corrected chi connectivity index (χ1v) is 5.99. The van der Waals surface area contributed by atoms with Gasteiger partial charge in [0.25, 0.3) is 0 Å². The molecule has 4 N–H and O–H groups in total. The van der Waals surface area contributed by atoms with E-state index < -0.39 is 0 Å². The second-order valence-electron chi connectivity index (χ2n) is 3.75. The van der Waals surface area contributed by atoms with Gasteiger partial charge in [-0.05, 0) is 28.1 Å². The van der Waals surface area contributed by atoms with Gasteiger partial charge < -0.3 is 5.32 Å². The van der Waals surface area contributed by atoms with Crippen LogP contribution in [-0.2, 0) is 0 Å². The van der Waals surface area contributed by atoms with Gasteiger partial charge in [-0.3, -0.25) is 15.7 Å². The minimum Gasteiger partial charge on any atom is -0.357 e. The molecule has 1 aliphatic rings. The fourth-order valence-corrected chi connectivity index (χ4v) is 2.42. The lowest BCUT2D eigenvalue weighted by Gasteiger charge is -2.16. The lowest BCUT2D eigenvalue weighted by molar-refractivity contribution is 0.620. The predicted molar refractivity (Wildman–Crippen MR) is 67.2 cm³/mol. The standard InChI is InChI=1S/C10H12BrN5/c11-8-7(15-10-12-3-4-13-10)2-1-6-5-14-16-9(6)8/h1-2,5,10,12-13,15H,3-4H2,(H,14,16). The van der Waals surface area contributed by atoms with E-state index in [1.54, 1.807) is 0 Å². The van der Waals surface area contributed by atoms with Crippen LogP contribution in [0.4, 0.5) is 5.69 Å². The molecule has 1 aliphatic heterocycles. The van der Waals surface area contributed by atoms with Crippen LogP contribution in [0.5, 0.6) is 0 Å². The average Bonchev–Trinajstić information content (AvgIpc) is 2.93. The van der Waals surface area contributed by atoms with E-state index in [1.807, 2.05) is 18.3 Å². The van der Waals surface area contributed by atoms with Crippen molar-refractivity contribution in [1.82, 2.24) is 20.8 Å². The first-order chi connectivity index (χ1) is 7.84. The van der Waals surface area contributed by atoms with Gasteiger partial charge in [-0.1, -0.05) is 0 Å². The van der Waals surface area contributed by atoms with Gasteiger partial charge >= 0.3 is 0 Å². The Hall–Kier alpha value is -1.11. The maximum atomic E-state index is 4.02. The molecule has 0 bridgehead atoms. The molecule has 0 aliphatic carbocycles. The van der Waals surface area contributed by atoms with E-state index in [0.29, 0.717) is 0 Å². The zero-order chi connectivity index (χ0) is 11.0. The molecule has 3 rings (SSSR count). The number of aromatic amines is 1. The van der Waals surface area contributed by atoms with E-state index in [4.69, 9.17) is 0 Å². The van der Waals surface area contributed by atoms with Crippen LogP contribution in [0, 0.1) is 0 Å². The van der Waals surface area contributed by atoms with Gasteiger partial charge in [0.2, 0.25) is 0 Å². The van der Waals surface area contributed by atoms with Crippen molar-refractivity contribution >= 4 is 32.5 Å². The lowest BCUT2D eigenvalue weighted by Crippen LogP contribution is -2.38. The summed E-state index contributed by atoms with van der Waals surface area (Å²) in [6, 6.07) is 4.09. The highest BCUT2D eigenvalue weighted by molar-refractivity contribution is 9.10. The number of fused-ring (bicyclic) bond motifs is 1. The maximum absolute atomic E-state index is 4.02. The molecule has 2 heterocycles. The van der Waals surface area contributed by atoms with E-state index in [0.717, 1.165) is 34.2 Å². The minimum atomic E-state index is 0.136. The predicted octanol–water partition coefficient (Wildman–Crippen LogP) is 1.21. The lowest BCUT2D eigenvalue weighted by atomic mass is 10.2. The summed E-state index contributed by atoms with van der Waals surface area (Å²) in [5.74, 6) is 0. The van der Waals surface area contributed by atoms with Crippen LogP contribution in [0.3, 0.4) is 0 Å². The molecular weight excluding hydrogens is 270 g/mol. The number of nitrogens with zero attached hydrogens (tertiary/aromatic N) is 1. The second-order valence-corrected chi connectivity index (χ2v) is 4.54. The molecule has 0 radical (unpaired) electrons. The summed E-state index contributed by atoms with van der Waals surface area (Å²) < 4.78 is 1.01. The van der Waals surface area contributed by atoms with Gasteiger partial charge in [-0.2, -0.15) is 5.10 Å². The molecule has 84 valence electrons. The molecule has 6 heteroatoms. The van der Waals surface area contributed by atoms with E-state index >= 15 is 0 Å². The Morgan fingerprint density at radius 2 is 2.12 bits per heavy atom. The third-order valence-corrected chi connectivity index (χ3v) is 3.50. The Morgan fingerprint density at radius 3 is 2.94 bits per heavy atom. The molecule has 0 saturated carbocycles. The zero-order valence-corrected chi connectivity index (χ0v) is 10.1. The fourth-order valence-electron chi connectivity index (χ4n) is 1.85. The molecule has 1 saturated heterocycles. The summed E-state index contributed by atoms with van der Waals surface area (Å²) in [6.07, 6.45) is 1.95. The van der Waals surface area contributed by atoms with Gasteiger partial charge in [0, 0.05) is 18.5 Å². The summed E-state index contributed by atoms with van der Waals surface area (Å²) in [5.41, 5.74) is 2.06. The molecule has 0 spiro atoms. The number of H-pyrrole nitrogens is 1. The van der Waals surface area contributed by atoms with Gasteiger partial charge in [0.15, 0.2) is 0 Å². The first kappa shape index (κ1) is 10.1. The number of anilines is 1. The quantitative estimate of drug-likeness (QED) is 0.668. The van der Waals surface area contributed by atoms with Crippen LogP contribution in [0.25, 0.3) is 10.9 Å². The average molecular weight is 282 g/mol. The molecule has 1 aromatic carbocycles. The van der Waals surface area contributed by atoms with E-state index in [2.05, 4.69) is 42.1 Å². The van der Waals surface area contributed by atoms with Gasteiger partial charge in [-0.15, -0.1) is 0 Å². The van der Waals surface area contributed by atoms with Crippen LogP contribution >= 0.6 is 15.9 Å².